The fourth-order valence-electron chi connectivity index (χ4n) is 1.73. The topological polar surface area (TPSA) is 35.8 Å². The summed E-state index contributed by atoms with van der Waals surface area (Å²) in [5.74, 6) is 0. The molecule has 2 nitrogen and oxygen atoms in total. The van der Waals surface area contributed by atoms with Gasteiger partial charge in [-0.25, -0.2) is 0 Å². The van der Waals surface area contributed by atoms with Crippen LogP contribution in [0.2, 0.25) is 0 Å². The largest absolute Gasteiger partial charge is 0.312 e. The van der Waals surface area contributed by atoms with E-state index in [1.807, 2.05) is 12.2 Å². The molecule has 2 rings (SSSR count). The van der Waals surface area contributed by atoms with Gasteiger partial charge >= 0.3 is 0 Å². The molecular formula is C11H12N2. The van der Waals surface area contributed by atoms with Crippen LogP contribution in [0.15, 0.2) is 34.9 Å². The molecule has 13 heavy (non-hydrogen) atoms. The minimum absolute atomic E-state index is 0.786. The van der Waals surface area contributed by atoms with Crippen LogP contribution in [0.4, 0.5) is 0 Å². The molecule has 0 saturated heterocycles. The smallest absolute Gasteiger partial charge is 0.0988 e. The van der Waals surface area contributed by atoms with Crippen LogP contribution in [-0.2, 0) is 0 Å². The van der Waals surface area contributed by atoms with Crippen LogP contribution in [0.25, 0.3) is 0 Å². The average molecular weight is 172 g/mol. The van der Waals surface area contributed by atoms with E-state index >= 15 is 0 Å². The lowest BCUT2D eigenvalue weighted by Gasteiger charge is -2.17. The van der Waals surface area contributed by atoms with Gasteiger partial charge in [0.1, 0.15) is 0 Å². The molecule has 0 radical (unpaired) electrons. The van der Waals surface area contributed by atoms with Crippen LogP contribution in [0.5, 0.6) is 0 Å². The van der Waals surface area contributed by atoms with Crippen molar-refractivity contribution >= 4 is 0 Å². The van der Waals surface area contributed by atoms with Crippen molar-refractivity contribution in [2.45, 2.75) is 12.8 Å². The van der Waals surface area contributed by atoms with Crippen LogP contribution in [0.3, 0.4) is 0 Å². The van der Waals surface area contributed by atoms with Gasteiger partial charge in [-0.15, -0.1) is 0 Å². The van der Waals surface area contributed by atoms with Crippen LogP contribution in [-0.4, -0.2) is 13.1 Å². The van der Waals surface area contributed by atoms with Crippen LogP contribution in [0.1, 0.15) is 12.8 Å². The monoisotopic (exact) mass is 172 g/mol. The molecule has 66 valence electrons. The molecule has 0 bridgehead atoms. The lowest BCUT2D eigenvalue weighted by atomic mass is 9.99. The number of rotatable bonds is 0. The lowest BCUT2D eigenvalue weighted by molar-refractivity contribution is 0.678. The first-order valence-corrected chi connectivity index (χ1v) is 4.60. The van der Waals surface area contributed by atoms with E-state index in [0.717, 1.165) is 31.5 Å². The average Bonchev–Trinajstić information content (AvgIpc) is 2.39. The molecule has 0 saturated carbocycles. The van der Waals surface area contributed by atoms with Crippen molar-refractivity contribution in [2.75, 3.05) is 13.1 Å². The van der Waals surface area contributed by atoms with Crippen molar-refractivity contribution in [1.29, 1.82) is 5.26 Å². The summed E-state index contributed by atoms with van der Waals surface area (Å²) in [7, 11) is 0. The number of nitrogens with zero attached hydrogens (tertiary/aromatic N) is 1. The van der Waals surface area contributed by atoms with E-state index in [-0.39, 0.29) is 0 Å². The van der Waals surface area contributed by atoms with Crippen molar-refractivity contribution in [3.63, 3.8) is 0 Å². The SMILES string of the molecule is N#CC1=CCC2=C(C=C1)CNCC2. The second-order valence-corrected chi connectivity index (χ2v) is 3.36. The zero-order chi connectivity index (χ0) is 9.10. The number of nitrogens with one attached hydrogen (secondary N) is 1. The van der Waals surface area contributed by atoms with Gasteiger partial charge in [0.05, 0.1) is 6.07 Å². The maximum atomic E-state index is 8.75. The van der Waals surface area contributed by atoms with Gasteiger partial charge < -0.3 is 5.32 Å². The summed E-state index contributed by atoms with van der Waals surface area (Å²) in [5.41, 5.74) is 3.64. The summed E-state index contributed by atoms with van der Waals surface area (Å²) in [6, 6.07) is 2.18. The second kappa shape index (κ2) is 3.59. The van der Waals surface area contributed by atoms with Crippen molar-refractivity contribution in [3.8, 4) is 6.07 Å². The molecule has 0 unspecified atom stereocenters. The van der Waals surface area contributed by atoms with Crippen LogP contribution >= 0.6 is 0 Å². The number of nitriles is 1. The van der Waals surface area contributed by atoms with Gasteiger partial charge in [-0.05, 0) is 31.0 Å². The third kappa shape index (κ3) is 1.71. The van der Waals surface area contributed by atoms with Gasteiger partial charge in [-0.2, -0.15) is 5.26 Å². The molecule has 0 fully saturated rings. The Morgan fingerprint density at radius 2 is 2.31 bits per heavy atom. The quantitative estimate of drug-likeness (QED) is 0.603. The Morgan fingerprint density at radius 3 is 3.15 bits per heavy atom. The van der Waals surface area contributed by atoms with Crippen molar-refractivity contribution in [2.24, 2.45) is 0 Å². The highest BCUT2D eigenvalue weighted by atomic mass is 14.9. The first-order valence-electron chi connectivity index (χ1n) is 4.60. The fourth-order valence-corrected chi connectivity index (χ4v) is 1.73. The molecule has 1 aliphatic carbocycles. The minimum atomic E-state index is 0.786. The van der Waals surface area contributed by atoms with Gasteiger partial charge in [-0.3, -0.25) is 0 Å². The highest BCUT2D eigenvalue weighted by Crippen LogP contribution is 2.22. The Morgan fingerprint density at radius 1 is 1.38 bits per heavy atom. The summed E-state index contributed by atoms with van der Waals surface area (Å²) < 4.78 is 0. The number of allylic oxidation sites excluding steroid dienone is 3. The molecular weight excluding hydrogens is 160 g/mol. The first kappa shape index (κ1) is 8.28. The van der Waals surface area contributed by atoms with Gasteiger partial charge in [0.25, 0.3) is 0 Å². The van der Waals surface area contributed by atoms with Crippen LogP contribution in [0, 0.1) is 11.3 Å². The maximum Gasteiger partial charge on any atom is 0.0988 e. The summed E-state index contributed by atoms with van der Waals surface area (Å²) in [5, 5.41) is 12.1. The Labute approximate surface area is 78.3 Å². The van der Waals surface area contributed by atoms with E-state index in [2.05, 4.69) is 17.5 Å². The summed E-state index contributed by atoms with van der Waals surface area (Å²) >= 11 is 0. The van der Waals surface area contributed by atoms with E-state index in [4.69, 9.17) is 5.26 Å². The number of hydrogen-bond donors (Lipinski definition) is 1. The summed E-state index contributed by atoms with van der Waals surface area (Å²) in [4.78, 5) is 0. The van der Waals surface area contributed by atoms with Gasteiger partial charge in [0, 0.05) is 12.1 Å². The molecule has 0 aromatic heterocycles. The fraction of sp³-hybridized carbons (Fsp3) is 0.364. The van der Waals surface area contributed by atoms with Crippen LogP contribution < -0.4 is 5.32 Å². The standard InChI is InChI=1S/C11H12N2/c12-7-9-1-3-10-5-6-13-8-11(10)4-2-9/h1-2,4,13H,3,5-6,8H2. The predicted molar refractivity (Wildman–Crippen MR) is 52.0 cm³/mol. The third-order valence-corrected chi connectivity index (χ3v) is 2.53. The Kier molecular flexibility index (Phi) is 2.29. The predicted octanol–water partition coefficient (Wildman–Crippen LogP) is 1.69. The molecule has 2 heteroatoms. The second-order valence-electron chi connectivity index (χ2n) is 3.36. The van der Waals surface area contributed by atoms with E-state index in [1.165, 1.54) is 11.1 Å². The normalized spacial score (nSPS) is 21.6. The lowest BCUT2D eigenvalue weighted by Crippen LogP contribution is -2.24. The van der Waals surface area contributed by atoms with Crippen molar-refractivity contribution in [3.05, 3.63) is 34.9 Å². The Balaban J connectivity index is 2.26. The molecule has 2 aliphatic rings. The molecule has 1 heterocycles. The van der Waals surface area contributed by atoms with Gasteiger partial charge in [0.2, 0.25) is 0 Å². The van der Waals surface area contributed by atoms with Gasteiger partial charge in [-0.1, -0.05) is 17.7 Å². The highest BCUT2D eigenvalue weighted by Gasteiger charge is 2.11. The molecule has 1 N–H and O–H groups in total. The highest BCUT2D eigenvalue weighted by molar-refractivity contribution is 5.43. The zero-order valence-electron chi connectivity index (χ0n) is 7.51. The Bertz CT molecular complexity index is 340. The molecule has 0 amide bonds. The van der Waals surface area contributed by atoms with Crippen molar-refractivity contribution in [1.82, 2.24) is 5.32 Å². The van der Waals surface area contributed by atoms with Gasteiger partial charge in [0.15, 0.2) is 0 Å². The molecule has 0 spiro atoms. The Hall–Kier alpha value is -1.33. The molecule has 0 aromatic rings. The van der Waals surface area contributed by atoms with E-state index in [0.29, 0.717) is 0 Å². The number of hydrogen-bond acceptors (Lipinski definition) is 2. The summed E-state index contributed by atoms with van der Waals surface area (Å²) in [6.45, 7) is 2.03. The molecule has 0 atom stereocenters. The van der Waals surface area contributed by atoms with E-state index < -0.39 is 0 Å². The molecule has 0 aromatic carbocycles. The van der Waals surface area contributed by atoms with Crippen molar-refractivity contribution < 1.29 is 0 Å². The minimum Gasteiger partial charge on any atom is -0.312 e. The maximum absolute atomic E-state index is 8.75. The summed E-state index contributed by atoms with van der Waals surface area (Å²) in [6.07, 6.45) is 8.07. The van der Waals surface area contributed by atoms with E-state index in [1.54, 1.807) is 0 Å². The molecule has 1 aliphatic heterocycles. The third-order valence-electron chi connectivity index (χ3n) is 2.53. The zero-order valence-corrected chi connectivity index (χ0v) is 7.51. The van der Waals surface area contributed by atoms with E-state index in [9.17, 15) is 0 Å². The first-order chi connectivity index (χ1) is 6.40.